The minimum absolute atomic E-state index is 0.0151. The van der Waals surface area contributed by atoms with E-state index in [1.54, 1.807) is 6.20 Å². The summed E-state index contributed by atoms with van der Waals surface area (Å²) in [5.41, 5.74) is 1.61. The standard InChI is InChI=1S/C13H13NO3S/c1-17-13(16)8-18-7-12(15)10-6-14-11-5-3-2-4-9(10)11/h2-6,14H,7-8H2,1H3. The smallest absolute Gasteiger partial charge is 0.315 e. The number of methoxy groups -OCH3 is 1. The zero-order chi connectivity index (χ0) is 13.0. The lowest BCUT2D eigenvalue weighted by Gasteiger charge is -1.99. The van der Waals surface area contributed by atoms with Gasteiger partial charge in [-0.2, -0.15) is 0 Å². The number of para-hydroxylation sites is 1. The van der Waals surface area contributed by atoms with Crippen LogP contribution in [-0.4, -0.2) is 35.4 Å². The van der Waals surface area contributed by atoms with Crippen molar-refractivity contribution in [3.05, 3.63) is 36.0 Å². The quantitative estimate of drug-likeness (QED) is 0.664. The number of H-pyrrole nitrogens is 1. The molecule has 1 aromatic carbocycles. The van der Waals surface area contributed by atoms with Crippen molar-refractivity contribution in [3.63, 3.8) is 0 Å². The monoisotopic (exact) mass is 263 g/mol. The molecule has 1 aromatic heterocycles. The van der Waals surface area contributed by atoms with Crippen LogP contribution in [0.5, 0.6) is 0 Å². The second-order valence-electron chi connectivity index (χ2n) is 3.74. The Labute approximate surface area is 109 Å². The van der Waals surface area contributed by atoms with Gasteiger partial charge < -0.3 is 9.72 Å². The van der Waals surface area contributed by atoms with E-state index in [-0.39, 0.29) is 23.3 Å². The van der Waals surface area contributed by atoms with Crippen molar-refractivity contribution in [2.75, 3.05) is 18.6 Å². The Morgan fingerprint density at radius 2 is 2.06 bits per heavy atom. The summed E-state index contributed by atoms with van der Waals surface area (Å²) in [5, 5.41) is 0.918. The highest BCUT2D eigenvalue weighted by Gasteiger charge is 2.12. The normalized spacial score (nSPS) is 10.5. The number of carbonyl (C=O) groups excluding carboxylic acids is 2. The molecule has 0 spiro atoms. The van der Waals surface area contributed by atoms with Crippen LogP contribution in [-0.2, 0) is 9.53 Å². The van der Waals surface area contributed by atoms with Gasteiger partial charge in [0.05, 0.1) is 18.6 Å². The van der Waals surface area contributed by atoms with Gasteiger partial charge in [-0.1, -0.05) is 18.2 Å². The maximum Gasteiger partial charge on any atom is 0.315 e. The van der Waals surface area contributed by atoms with Gasteiger partial charge >= 0.3 is 5.97 Å². The number of aromatic amines is 1. The molecule has 0 fully saturated rings. The highest BCUT2D eigenvalue weighted by atomic mass is 32.2. The van der Waals surface area contributed by atoms with Crippen LogP contribution in [0.2, 0.25) is 0 Å². The van der Waals surface area contributed by atoms with E-state index in [4.69, 9.17) is 0 Å². The summed E-state index contributed by atoms with van der Waals surface area (Å²) in [6, 6.07) is 7.64. The third-order valence-corrected chi connectivity index (χ3v) is 3.48. The largest absolute Gasteiger partial charge is 0.468 e. The maximum absolute atomic E-state index is 12.0. The van der Waals surface area contributed by atoms with E-state index in [0.29, 0.717) is 5.56 Å². The number of hydrogen-bond acceptors (Lipinski definition) is 4. The highest BCUT2D eigenvalue weighted by Crippen LogP contribution is 2.19. The second kappa shape index (κ2) is 5.73. The average molecular weight is 263 g/mol. The Hall–Kier alpha value is -1.75. The van der Waals surface area contributed by atoms with E-state index >= 15 is 0 Å². The molecular formula is C13H13NO3S. The molecule has 94 valence electrons. The van der Waals surface area contributed by atoms with Crippen molar-refractivity contribution < 1.29 is 14.3 Å². The van der Waals surface area contributed by atoms with E-state index in [9.17, 15) is 9.59 Å². The predicted octanol–water partition coefficient (Wildman–Crippen LogP) is 2.26. The zero-order valence-corrected chi connectivity index (χ0v) is 10.8. The molecule has 0 aliphatic rings. The number of carbonyl (C=O) groups is 2. The molecule has 2 aromatic rings. The number of Topliss-reactive ketones (excluding diaryl/α,β-unsaturated/α-hetero) is 1. The first-order valence-corrected chi connectivity index (χ1v) is 6.61. The van der Waals surface area contributed by atoms with E-state index in [1.807, 2.05) is 24.3 Å². The Morgan fingerprint density at radius 1 is 1.28 bits per heavy atom. The number of nitrogens with one attached hydrogen (secondary N) is 1. The molecule has 0 bridgehead atoms. The minimum atomic E-state index is -0.313. The third kappa shape index (κ3) is 2.73. The van der Waals surface area contributed by atoms with Crippen molar-refractivity contribution in [1.82, 2.24) is 4.98 Å². The summed E-state index contributed by atoms with van der Waals surface area (Å²) in [6.07, 6.45) is 1.71. The van der Waals surface area contributed by atoms with Gasteiger partial charge in [-0.05, 0) is 6.07 Å². The number of fused-ring (bicyclic) bond motifs is 1. The van der Waals surface area contributed by atoms with Crippen molar-refractivity contribution in [3.8, 4) is 0 Å². The molecule has 0 amide bonds. The summed E-state index contributed by atoms with van der Waals surface area (Å²) < 4.78 is 4.52. The number of benzene rings is 1. The molecule has 0 atom stereocenters. The molecule has 0 aliphatic heterocycles. The number of thioether (sulfide) groups is 1. The van der Waals surface area contributed by atoms with Gasteiger partial charge in [0.25, 0.3) is 0 Å². The molecule has 1 heterocycles. The number of aromatic nitrogens is 1. The van der Waals surface area contributed by atoms with Crippen molar-refractivity contribution >= 4 is 34.4 Å². The molecule has 18 heavy (non-hydrogen) atoms. The summed E-state index contributed by atoms with van der Waals surface area (Å²) in [5.74, 6) is 0.176. The van der Waals surface area contributed by atoms with E-state index in [0.717, 1.165) is 10.9 Å². The fourth-order valence-electron chi connectivity index (χ4n) is 1.67. The van der Waals surface area contributed by atoms with Crippen molar-refractivity contribution in [2.24, 2.45) is 0 Å². The van der Waals surface area contributed by atoms with Crippen LogP contribution in [0.1, 0.15) is 10.4 Å². The SMILES string of the molecule is COC(=O)CSCC(=O)c1c[nH]c2ccccc12. The van der Waals surface area contributed by atoms with Gasteiger partial charge in [-0.15, -0.1) is 11.8 Å². The first kappa shape index (κ1) is 12.7. The Kier molecular flexibility index (Phi) is 4.04. The third-order valence-electron chi connectivity index (χ3n) is 2.57. The Bertz CT molecular complexity index is 576. The van der Waals surface area contributed by atoms with E-state index in [2.05, 4.69) is 9.72 Å². The molecule has 0 radical (unpaired) electrons. The Balaban J connectivity index is 2.03. The number of hydrogen-bond donors (Lipinski definition) is 1. The highest BCUT2D eigenvalue weighted by molar-refractivity contribution is 8.00. The van der Waals surface area contributed by atoms with Crippen LogP contribution in [0.25, 0.3) is 10.9 Å². The molecule has 5 heteroatoms. The van der Waals surface area contributed by atoms with Crippen LogP contribution < -0.4 is 0 Å². The first-order valence-electron chi connectivity index (χ1n) is 5.46. The number of esters is 1. The lowest BCUT2D eigenvalue weighted by Crippen LogP contribution is -2.07. The molecule has 2 rings (SSSR count). The van der Waals surface area contributed by atoms with Crippen LogP contribution in [0.15, 0.2) is 30.5 Å². The molecule has 0 saturated heterocycles. The van der Waals surface area contributed by atoms with Crippen LogP contribution >= 0.6 is 11.8 Å². The van der Waals surface area contributed by atoms with Crippen LogP contribution in [0, 0.1) is 0 Å². The fraction of sp³-hybridized carbons (Fsp3) is 0.231. The summed E-state index contributed by atoms with van der Waals surface area (Å²) >= 11 is 1.26. The lowest BCUT2D eigenvalue weighted by atomic mass is 10.1. The first-order chi connectivity index (χ1) is 8.72. The minimum Gasteiger partial charge on any atom is -0.468 e. The molecular weight excluding hydrogens is 250 g/mol. The van der Waals surface area contributed by atoms with E-state index < -0.39 is 0 Å². The van der Waals surface area contributed by atoms with Gasteiger partial charge in [0.1, 0.15) is 0 Å². The van der Waals surface area contributed by atoms with Crippen LogP contribution in [0.3, 0.4) is 0 Å². The molecule has 4 nitrogen and oxygen atoms in total. The molecule has 0 unspecified atom stereocenters. The topological polar surface area (TPSA) is 59.2 Å². The van der Waals surface area contributed by atoms with Gasteiger partial charge in [-0.3, -0.25) is 9.59 Å². The number of ketones is 1. The average Bonchev–Trinajstić information content (AvgIpc) is 2.82. The predicted molar refractivity (Wildman–Crippen MR) is 72.0 cm³/mol. The Morgan fingerprint density at radius 3 is 2.83 bits per heavy atom. The summed E-state index contributed by atoms with van der Waals surface area (Å²) in [4.78, 5) is 26.0. The van der Waals surface area contributed by atoms with Crippen molar-refractivity contribution in [2.45, 2.75) is 0 Å². The van der Waals surface area contributed by atoms with Gasteiger partial charge in [-0.25, -0.2) is 0 Å². The summed E-state index contributed by atoms with van der Waals surface area (Å²) in [6.45, 7) is 0. The number of rotatable bonds is 5. The lowest BCUT2D eigenvalue weighted by molar-refractivity contribution is -0.137. The molecule has 0 saturated carbocycles. The zero-order valence-electron chi connectivity index (χ0n) is 9.93. The van der Waals surface area contributed by atoms with Crippen LogP contribution in [0.4, 0.5) is 0 Å². The van der Waals surface area contributed by atoms with Gasteiger partial charge in [0.15, 0.2) is 5.78 Å². The van der Waals surface area contributed by atoms with Crippen molar-refractivity contribution in [1.29, 1.82) is 0 Å². The van der Waals surface area contributed by atoms with Gasteiger partial charge in [0, 0.05) is 22.7 Å². The molecule has 0 aliphatic carbocycles. The fourth-order valence-corrected chi connectivity index (χ4v) is 2.39. The maximum atomic E-state index is 12.0. The van der Waals surface area contributed by atoms with E-state index in [1.165, 1.54) is 18.9 Å². The second-order valence-corrected chi connectivity index (χ2v) is 4.73. The number of ether oxygens (including phenoxy) is 1. The summed E-state index contributed by atoms with van der Waals surface area (Å²) in [7, 11) is 1.34. The molecule has 1 N–H and O–H groups in total. The van der Waals surface area contributed by atoms with Gasteiger partial charge in [0.2, 0.25) is 0 Å².